The summed E-state index contributed by atoms with van der Waals surface area (Å²) in [6, 6.07) is 0. The zero-order valence-corrected chi connectivity index (χ0v) is 12.4. The predicted molar refractivity (Wildman–Crippen MR) is 72.5 cm³/mol. The van der Waals surface area contributed by atoms with E-state index in [0.29, 0.717) is 19.7 Å². The van der Waals surface area contributed by atoms with E-state index in [1.165, 1.54) is 0 Å². The van der Waals surface area contributed by atoms with Gasteiger partial charge < -0.3 is 9.64 Å². The van der Waals surface area contributed by atoms with Gasteiger partial charge in [-0.15, -0.1) is 0 Å². The molecule has 110 valence electrons. The Hall–Kier alpha value is -0.210. The van der Waals surface area contributed by atoms with Gasteiger partial charge in [-0.1, -0.05) is 6.92 Å². The predicted octanol–water partition coefficient (Wildman–Crippen LogP) is 0.164. The minimum atomic E-state index is -3.89. The van der Waals surface area contributed by atoms with Crippen molar-refractivity contribution in [3.8, 4) is 0 Å². The molecule has 0 unspecified atom stereocenters. The molecule has 6 nitrogen and oxygen atoms in total. The lowest BCUT2D eigenvalue weighted by Gasteiger charge is -2.24. The van der Waals surface area contributed by atoms with Crippen LogP contribution in [-0.4, -0.2) is 82.0 Å². The van der Waals surface area contributed by atoms with E-state index in [1.54, 1.807) is 7.11 Å². The van der Waals surface area contributed by atoms with Crippen molar-refractivity contribution in [1.82, 2.24) is 9.80 Å². The van der Waals surface area contributed by atoms with E-state index < -0.39 is 10.1 Å². The molecule has 18 heavy (non-hydrogen) atoms. The van der Waals surface area contributed by atoms with Gasteiger partial charge in [0.15, 0.2) is 0 Å². The summed E-state index contributed by atoms with van der Waals surface area (Å²) in [4.78, 5) is 4.19. The lowest BCUT2D eigenvalue weighted by molar-refractivity contribution is 0.143. The minimum absolute atomic E-state index is 0.228. The fourth-order valence-corrected chi connectivity index (χ4v) is 2.09. The summed E-state index contributed by atoms with van der Waals surface area (Å²) in [6.45, 7) is 6.36. The first-order valence-corrected chi connectivity index (χ1v) is 7.85. The van der Waals surface area contributed by atoms with E-state index >= 15 is 0 Å². The van der Waals surface area contributed by atoms with Crippen LogP contribution in [0.1, 0.15) is 13.3 Å². The smallest absolute Gasteiger partial charge is 0.266 e. The molecule has 0 amide bonds. The highest BCUT2D eigenvalue weighted by Crippen LogP contribution is 1.94. The van der Waals surface area contributed by atoms with E-state index in [-0.39, 0.29) is 5.75 Å². The molecule has 1 N–H and O–H groups in total. The van der Waals surface area contributed by atoms with Crippen LogP contribution in [0.5, 0.6) is 0 Å². The van der Waals surface area contributed by atoms with Crippen molar-refractivity contribution in [2.24, 2.45) is 0 Å². The van der Waals surface area contributed by atoms with E-state index in [9.17, 15) is 8.42 Å². The molecule has 0 aliphatic heterocycles. The van der Waals surface area contributed by atoms with Crippen molar-refractivity contribution < 1.29 is 17.7 Å². The molecule has 0 atom stereocenters. The molecule has 0 fully saturated rings. The molecule has 0 aliphatic carbocycles. The third-order valence-electron chi connectivity index (χ3n) is 2.68. The molecule has 0 saturated heterocycles. The van der Waals surface area contributed by atoms with Crippen LogP contribution in [0.3, 0.4) is 0 Å². The molecular formula is C11H26N2O4S. The van der Waals surface area contributed by atoms with Crippen LogP contribution in [0.4, 0.5) is 0 Å². The highest BCUT2D eigenvalue weighted by atomic mass is 32.2. The minimum Gasteiger partial charge on any atom is -0.383 e. The lowest BCUT2D eigenvalue weighted by atomic mass is 10.4. The topological polar surface area (TPSA) is 70.1 Å². The summed E-state index contributed by atoms with van der Waals surface area (Å²) in [7, 11) is -0.231. The summed E-state index contributed by atoms with van der Waals surface area (Å²) in [5, 5.41) is 0. The molecule has 0 bridgehead atoms. The van der Waals surface area contributed by atoms with Gasteiger partial charge in [0.05, 0.1) is 12.4 Å². The Kier molecular flexibility index (Phi) is 9.57. The Labute approximate surface area is 111 Å². The van der Waals surface area contributed by atoms with Gasteiger partial charge in [-0.25, -0.2) is 0 Å². The van der Waals surface area contributed by atoms with Crippen molar-refractivity contribution in [3.05, 3.63) is 0 Å². The monoisotopic (exact) mass is 282 g/mol. The Morgan fingerprint density at radius 1 is 1.11 bits per heavy atom. The maximum absolute atomic E-state index is 10.7. The molecule has 7 heteroatoms. The first-order chi connectivity index (χ1) is 8.39. The van der Waals surface area contributed by atoms with Crippen LogP contribution < -0.4 is 0 Å². The Bertz CT molecular complexity index is 295. The first kappa shape index (κ1) is 17.8. The third kappa shape index (κ3) is 10.9. The molecular weight excluding hydrogens is 256 g/mol. The summed E-state index contributed by atoms with van der Waals surface area (Å²) in [6.07, 6.45) is 1.10. The first-order valence-electron chi connectivity index (χ1n) is 6.24. The number of ether oxygens (including phenoxy) is 1. The molecule has 0 spiro atoms. The van der Waals surface area contributed by atoms with Crippen LogP contribution >= 0.6 is 0 Å². The van der Waals surface area contributed by atoms with E-state index in [4.69, 9.17) is 9.29 Å². The Morgan fingerprint density at radius 2 is 1.78 bits per heavy atom. The molecule has 0 aromatic heterocycles. The third-order valence-corrected chi connectivity index (χ3v) is 3.38. The fourth-order valence-electron chi connectivity index (χ4n) is 1.61. The average Bonchev–Trinajstić information content (AvgIpc) is 2.27. The van der Waals surface area contributed by atoms with Gasteiger partial charge in [-0.2, -0.15) is 8.42 Å². The van der Waals surface area contributed by atoms with E-state index in [1.807, 2.05) is 11.9 Å². The van der Waals surface area contributed by atoms with Crippen molar-refractivity contribution in [1.29, 1.82) is 0 Å². The molecule has 0 radical (unpaired) electrons. The number of nitrogens with zero attached hydrogens (tertiary/aromatic N) is 2. The van der Waals surface area contributed by atoms with E-state index in [2.05, 4.69) is 11.8 Å². The van der Waals surface area contributed by atoms with Gasteiger partial charge in [0.1, 0.15) is 0 Å². The van der Waals surface area contributed by atoms with Gasteiger partial charge in [-0.05, 0) is 20.0 Å². The van der Waals surface area contributed by atoms with Crippen molar-refractivity contribution in [3.63, 3.8) is 0 Å². The maximum atomic E-state index is 10.7. The lowest BCUT2D eigenvalue weighted by Crippen LogP contribution is -2.38. The second kappa shape index (κ2) is 9.69. The zero-order chi connectivity index (χ0) is 14.0. The summed E-state index contributed by atoms with van der Waals surface area (Å²) in [5.74, 6) is -0.228. The molecule has 0 aromatic carbocycles. The molecule has 0 aromatic rings. The number of hydrogen-bond acceptors (Lipinski definition) is 5. The van der Waals surface area contributed by atoms with Gasteiger partial charge in [0, 0.05) is 33.3 Å². The molecule has 0 rings (SSSR count). The SMILES string of the molecule is CCCN(C)CCN(CCOC)CCS(=O)(=O)O. The van der Waals surface area contributed by atoms with E-state index in [0.717, 1.165) is 26.1 Å². The van der Waals surface area contributed by atoms with Crippen LogP contribution in [-0.2, 0) is 14.9 Å². The largest absolute Gasteiger partial charge is 0.383 e. The van der Waals surface area contributed by atoms with Gasteiger partial charge in [-0.3, -0.25) is 9.45 Å². The quantitative estimate of drug-likeness (QED) is 0.545. The van der Waals surface area contributed by atoms with Gasteiger partial charge >= 0.3 is 0 Å². The van der Waals surface area contributed by atoms with Crippen LogP contribution in [0.25, 0.3) is 0 Å². The highest BCUT2D eigenvalue weighted by molar-refractivity contribution is 7.85. The number of rotatable bonds is 11. The Balaban J connectivity index is 4.05. The fraction of sp³-hybridized carbons (Fsp3) is 1.00. The zero-order valence-electron chi connectivity index (χ0n) is 11.6. The van der Waals surface area contributed by atoms with Crippen molar-refractivity contribution in [2.45, 2.75) is 13.3 Å². The average molecular weight is 282 g/mol. The molecule has 0 heterocycles. The standard InChI is InChI=1S/C11H26N2O4S/c1-4-5-12(2)6-7-13(8-10-17-3)9-11-18(14,15)16/h4-11H2,1-3H3,(H,14,15,16). The number of methoxy groups -OCH3 is 1. The normalized spacial score (nSPS) is 12.6. The number of likely N-dealkylation sites (N-methyl/N-ethyl adjacent to an activating group) is 1. The maximum Gasteiger partial charge on any atom is 0.266 e. The second-order valence-electron chi connectivity index (χ2n) is 4.42. The molecule has 0 aliphatic rings. The van der Waals surface area contributed by atoms with Crippen LogP contribution in [0.15, 0.2) is 0 Å². The second-order valence-corrected chi connectivity index (χ2v) is 6.00. The Morgan fingerprint density at radius 3 is 2.28 bits per heavy atom. The van der Waals surface area contributed by atoms with Crippen molar-refractivity contribution >= 4 is 10.1 Å². The highest BCUT2D eigenvalue weighted by Gasteiger charge is 2.11. The number of hydrogen-bond donors (Lipinski definition) is 1. The van der Waals surface area contributed by atoms with Crippen LogP contribution in [0.2, 0.25) is 0 Å². The summed E-state index contributed by atoms with van der Waals surface area (Å²) >= 11 is 0. The van der Waals surface area contributed by atoms with Gasteiger partial charge in [0.2, 0.25) is 0 Å². The summed E-state index contributed by atoms with van der Waals surface area (Å²) < 4.78 is 35.2. The van der Waals surface area contributed by atoms with Gasteiger partial charge in [0.25, 0.3) is 10.1 Å². The summed E-state index contributed by atoms with van der Waals surface area (Å²) in [5.41, 5.74) is 0. The molecule has 0 saturated carbocycles. The van der Waals surface area contributed by atoms with Crippen molar-refractivity contribution in [2.75, 3.05) is 59.2 Å². The van der Waals surface area contributed by atoms with Crippen LogP contribution in [0, 0.1) is 0 Å².